The lowest BCUT2D eigenvalue weighted by molar-refractivity contribution is -0.384. The second-order valence-electron chi connectivity index (χ2n) is 5.63. The van der Waals surface area contributed by atoms with Crippen molar-refractivity contribution >= 4 is 23.4 Å². The Bertz CT molecular complexity index is 565. The molecule has 0 bridgehead atoms. The van der Waals surface area contributed by atoms with Crippen LogP contribution in [0.15, 0.2) is 29.3 Å². The van der Waals surface area contributed by atoms with Gasteiger partial charge in [-0.1, -0.05) is 12.1 Å². The van der Waals surface area contributed by atoms with Crippen molar-refractivity contribution in [2.75, 3.05) is 12.8 Å². The Hall–Kier alpha value is -1.76. The van der Waals surface area contributed by atoms with Crippen LogP contribution in [0.5, 0.6) is 0 Å². The second-order valence-corrected chi connectivity index (χ2v) is 6.77. The summed E-state index contributed by atoms with van der Waals surface area (Å²) in [6, 6.07) is 7.09. The van der Waals surface area contributed by atoms with E-state index >= 15 is 0 Å². The van der Waals surface area contributed by atoms with Crippen molar-refractivity contribution in [2.24, 2.45) is 4.99 Å². The van der Waals surface area contributed by atoms with Crippen LogP contribution in [-0.4, -0.2) is 35.0 Å². The van der Waals surface area contributed by atoms with Gasteiger partial charge >= 0.3 is 0 Å². The van der Waals surface area contributed by atoms with Gasteiger partial charge in [-0.3, -0.25) is 10.1 Å². The van der Waals surface area contributed by atoms with E-state index in [2.05, 4.69) is 21.9 Å². The lowest BCUT2D eigenvalue weighted by atomic mass is 10.2. The van der Waals surface area contributed by atoms with Gasteiger partial charge in [-0.25, -0.2) is 4.99 Å². The molecule has 2 atom stereocenters. The normalized spacial score (nSPS) is 21.2. The van der Waals surface area contributed by atoms with Crippen molar-refractivity contribution < 1.29 is 4.92 Å². The molecule has 7 heteroatoms. The number of rotatable bonds is 6. The van der Waals surface area contributed by atoms with Crippen molar-refractivity contribution in [2.45, 2.75) is 44.0 Å². The minimum atomic E-state index is -0.377. The summed E-state index contributed by atoms with van der Waals surface area (Å²) in [6.07, 6.45) is 5.72. The van der Waals surface area contributed by atoms with Gasteiger partial charge in [-0.2, -0.15) is 11.8 Å². The number of nitrogens with one attached hydrogen (secondary N) is 2. The van der Waals surface area contributed by atoms with Crippen molar-refractivity contribution in [3.63, 3.8) is 0 Å². The lowest BCUT2D eigenvalue weighted by Gasteiger charge is -2.17. The molecule has 0 aromatic heterocycles. The van der Waals surface area contributed by atoms with E-state index in [1.807, 2.05) is 24.8 Å². The third-order valence-corrected chi connectivity index (χ3v) is 5.04. The molecule has 0 amide bonds. The van der Waals surface area contributed by atoms with Crippen molar-refractivity contribution in [1.82, 2.24) is 10.6 Å². The summed E-state index contributed by atoms with van der Waals surface area (Å²) in [5.74, 6) is 0.783. The fourth-order valence-corrected chi connectivity index (χ4v) is 3.53. The zero-order chi connectivity index (χ0) is 16.7. The Balaban J connectivity index is 1.98. The monoisotopic (exact) mass is 336 g/mol. The average Bonchev–Trinajstić information content (AvgIpc) is 3.01. The van der Waals surface area contributed by atoms with Crippen LogP contribution in [0.25, 0.3) is 0 Å². The van der Waals surface area contributed by atoms with Crippen molar-refractivity contribution in [1.29, 1.82) is 0 Å². The van der Waals surface area contributed by atoms with Crippen LogP contribution in [0, 0.1) is 10.1 Å². The number of nitrogens with zero attached hydrogens (tertiary/aromatic N) is 2. The molecule has 6 nitrogen and oxygen atoms in total. The zero-order valence-corrected chi connectivity index (χ0v) is 14.4. The van der Waals surface area contributed by atoms with Crippen LogP contribution in [0.3, 0.4) is 0 Å². The molecular weight excluding hydrogens is 312 g/mol. The number of benzene rings is 1. The maximum atomic E-state index is 10.8. The van der Waals surface area contributed by atoms with E-state index in [0.717, 1.165) is 36.2 Å². The Morgan fingerprint density at radius 1 is 1.48 bits per heavy atom. The largest absolute Gasteiger partial charge is 0.357 e. The van der Waals surface area contributed by atoms with Crippen LogP contribution in [0.1, 0.15) is 31.7 Å². The van der Waals surface area contributed by atoms with E-state index in [1.165, 1.54) is 12.5 Å². The molecule has 23 heavy (non-hydrogen) atoms. The van der Waals surface area contributed by atoms with Gasteiger partial charge in [0.2, 0.25) is 0 Å². The van der Waals surface area contributed by atoms with Gasteiger partial charge in [0.25, 0.3) is 5.69 Å². The molecule has 1 aromatic rings. The summed E-state index contributed by atoms with van der Waals surface area (Å²) >= 11 is 1.93. The first-order chi connectivity index (χ1) is 11.1. The molecule has 2 N–H and O–H groups in total. The standard InChI is InChI=1S/C16H24N4O2S/c1-3-17-16(19-13-7-8-15(10-13)23-2)18-11-12-5-4-6-14(9-12)20(21)22/h4-6,9,13,15H,3,7-8,10-11H2,1-2H3,(H2,17,18,19). The average molecular weight is 336 g/mol. The number of aliphatic imine (C=N–C) groups is 1. The summed E-state index contributed by atoms with van der Waals surface area (Å²) < 4.78 is 0. The van der Waals surface area contributed by atoms with Gasteiger partial charge in [0.15, 0.2) is 5.96 Å². The first-order valence-corrected chi connectivity index (χ1v) is 9.22. The zero-order valence-electron chi connectivity index (χ0n) is 13.6. The van der Waals surface area contributed by atoms with Crippen LogP contribution in [0.2, 0.25) is 0 Å². The van der Waals surface area contributed by atoms with Gasteiger partial charge < -0.3 is 10.6 Å². The third kappa shape index (κ3) is 5.42. The molecule has 0 aliphatic heterocycles. The summed E-state index contributed by atoms with van der Waals surface area (Å²) in [5, 5.41) is 18.3. The van der Waals surface area contributed by atoms with Crippen LogP contribution >= 0.6 is 11.8 Å². The fourth-order valence-electron chi connectivity index (χ4n) is 2.74. The Morgan fingerprint density at radius 2 is 2.30 bits per heavy atom. The van der Waals surface area contributed by atoms with E-state index in [9.17, 15) is 10.1 Å². The number of thioether (sulfide) groups is 1. The molecule has 1 fully saturated rings. The van der Waals surface area contributed by atoms with E-state index in [-0.39, 0.29) is 10.6 Å². The topological polar surface area (TPSA) is 79.6 Å². The summed E-state index contributed by atoms with van der Waals surface area (Å²) in [4.78, 5) is 15.0. The van der Waals surface area contributed by atoms with E-state index in [0.29, 0.717) is 12.6 Å². The van der Waals surface area contributed by atoms with E-state index < -0.39 is 0 Å². The molecule has 126 valence electrons. The first-order valence-electron chi connectivity index (χ1n) is 7.93. The molecule has 0 heterocycles. The maximum absolute atomic E-state index is 10.8. The van der Waals surface area contributed by atoms with E-state index in [4.69, 9.17) is 0 Å². The quantitative estimate of drug-likeness (QED) is 0.361. The number of hydrogen-bond donors (Lipinski definition) is 2. The first kappa shape index (κ1) is 17.6. The molecule has 0 spiro atoms. The van der Waals surface area contributed by atoms with Crippen LogP contribution < -0.4 is 10.6 Å². The molecule has 1 aliphatic rings. The molecule has 0 radical (unpaired) electrons. The molecule has 1 saturated carbocycles. The minimum Gasteiger partial charge on any atom is -0.357 e. The number of guanidine groups is 1. The number of hydrogen-bond acceptors (Lipinski definition) is 4. The minimum absolute atomic E-state index is 0.106. The van der Waals surface area contributed by atoms with Gasteiger partial charge in [0.1, 0.15) is 0 Å². The fraction of sp³-hybridized carbons (Fsp3) is 0.562. The lowest BCUT2D eigenvalue weighted by Crippen LogP contribution is -2.42. The summed E-state index contributed by atoms with van der Waals surface area (Å²) in [7, 11) is 0. The highest BCUT2D eigenvalue weighted by Crippen LogP contribution is 2.28. The smallest absolute Gasteiger partial charge is 0.269 e. The number of nitro groups is 1. The van der Waals surface area contributed by atoms with Gasteiger partial charge in [-0.15, -0.1) is 0 Å². The highest BCUT2D eigenvalue weighted by atomic mass is 32.2. The van der Waals surface area contributed by atoms with Crippen LogP contribution in [0.4, 0.5) is 5.69 Å². The molecule has 1 aliphatic carbocycles. The maximum Gasteiger partial charge on any atom is 0.269 e. The highest BCUT2D eigenvalue weighted by Gasteiger charge is 2.24. The molecule has 1 aromatic carbocycles. The molecule has 0 saturated heterocycles. The predicted octanol–water partition coefficient (Wildman–Crippen LogP) is 2.93. The predicted molar refractivity (Wildman–Crippen MR) is 96.0 cm³/mol. The third-order valence-electron chi connectivity index (χ3n) is 3.94. The SMILES string of the molecule is CCNC(=NCc1cccc([N+](=O)[O-])c1)NC1CCC(SC)C1. The van der Waals surface area contributed by atoms with Gasteiger partial charge in [0, 0.05) is 30.0 Å². The summed E-state index contributed by atoms with van der Waals surface area (Å²) in [6.45, 7) is 3.25. The number of nitro benzene ring substituents is 1. The highest BCUT2D eigenvalue weighted by molar-refractivity contribution is 7.99. The summed E-state index contributed by atoms with van der Waals surface area (Å²) in [5.41, 5.74) is 0.944. The van der Waals surface area contributed by atoms with Crippen LogP contribution in [-0.2, 0) is 6.54 Å². The molecular formula is C16H24N4O2S. The molecule has 2 unspecified atom stereocenters. The number of non-ortho nitro benzene ring substituents is 1. The Kier molecular flexibility index (Phi) is 6.70. The van der Waals surface area contributed by atoms with Gasteiger partial charge in [0.05, 0.1) is 11.5 Å². The van der Waals surface area contributed by atoms with Crippen molar-refractivity contribution in [3.05, 3.63) is 39.9 Å². The van der Waals surface area contributed by atoms with Gasteiger partial charge in [-0.05, 0) is 38.0 Å². The Morgan fingerprint density at radius 3 is 2.96 bits per heavy atom. The second kappa shape index (κ2) is 8.76. The van der Waals surface area contributed by atoms with Crippen molar-refractivity contribution in [3.8, 4) is 0 Å². The Labute approximate surface area is 141 Å². The van der Waals surface area contributed by atoms with E-state index in [1.54, 1.807) is 12.1 Å². The molecule has 2 rings (SSSR count).